The highest BCUT2D eigenvalue weighted by Gasteiger charge is 2.18. The minimum Gasteiger partial charge on any atom is -0.488 e. The number of aromatic nitrogens is 1. The summed E-state index contributed by atoms with van der Waals surface area (Å²) in [7, 11) is 1.77. The molecule has 0 saturated carbocycles. The molecular formula is C21H28N4O2. The first-order chi connectivity index (χ1) is 13.2. The van der Waals surface area contributed by atoms with Crippen LogP contribution in [-0.4, -0.2) is 37.3 Å². The van der Waals surface area contributed by atoms with Crippen LogP contribution < -0.4 is 15.4 Å². The van der Waals surface area contributed by atoms with Gasteiger partial charge in [-0.25, -0.2) is 0 Å². The highest BCUT2D eigenvalue weighted by atomic mass is 16.5. The molecule has 1 aromatic carbocycles. The van der Waals surface area contributed by atoms with Gasteiger partial charge in [0.2, 0.25) is 0 Å². The van der Waals surface area contributed by atoms with E-state index in [0.29, 0.717) is 19.7 Å². The number of ether oxygens (including phenoxy) is 2. The third-order valence-corrected chi connectivity index (χ3v) is 4.62. The molecule has 1 unspecified atom stereocenters. The molecule has 1 saturated heterocycles. The number of hydrogen-bond acceptors (Lipinski definition) is 4. The van der Waals surface area contributed by atoms with Gasteiger partial charge in [-0.15, -0.1) is 0 Å². The molecule has 0 radical (unpaired) electrons. The molecule has 1 aliphatic heterocycles. The summed E-state index contributed by atoms with van der Waals surface area (Å²) >= 11 is 0. The first kappa shape index (κ1) is 19.2. The number of aliphatic imine (C=N–C) groups is 1. The van der Waals surface area contributed by atoms with Crippen LogP contribution >= 0.6 is 0 Å². The third kappa shape index (κ3) is 5.44. The smallest absolute Gasteiger partial charge is 0.191 e. The average molecular weight is 368 g/mol. The van der Waals surface area contributed by atoms with Crippen LogP contribution in [0.2, 0.25) is 0 Å². The number of benzene rings is 1. The van der Waals surface area contributed by atoms with Crippen molar-refractivity contribution in [3.63, 3.8) is 0 Å². The van der Waals surface area contributed by atoms with E-state index in [1.54, 1.807) is 7.05 Å². The van der Waals surface area contributed by atoms with Crippen molar-refractivity contribution >= 4 is 5.96 Å². The Morgan fingerprint density at radius 2 is 2.11 bits per heavy atom. The van der Waals surface area contributed by atoms with Crippen LogP contribution in [0.25, 0.3) is 0 Å². The van der Waals surface area contributed by atoms with Crippen molar-refractivity contribution in [3.05, 3.63) is 58.9 Å². The topological polar surface area (TPSA) is 67.8 Å². The SMILES string of the molecule is CN=C(NCc1ccc(C)cc1OC1CCOC1)NCc1ncccc1C. The Labute approximate surface area is 161 Å². The van der Waals surface area contributed by atoms with E-state index >= 15 is 0 Å². The van der Waals surface area contributed by atoms with E-state index in [1.165, 1.54) is 5.56 Å². The van der Waals surface area contributed by atoms with E-state index in [0.717, 1.165) is 41.6 Å². The minimum absolute atomic E-state index is 0.134. The largest absolute Gasteiger partial charge is 0.488 e. The van der Waals surface area contributed by atoms with Gasteiger partial charge in [0, 0.05) is 31.8 Å². The zero-order valence-electron chi connectivity index (χ0n) is 16.3. The van der Waals surface area contributed by atoms with Crippen LogP contribution in [0.3, 0.4) is 0 Å². The van der Waals surface area contributed by atoms with Gasteiger partial charge in [-0.2, -0.15) is 0 Å². The predicted octanol–water partition coefficient (Wildman–Crippen LogP) is 2.73. The molecule has 2 aromatic rings. The summed E-state index contributed by atoms with van der Waals surface area (Å²) < 4.78 is 11.6. The van der Waals surface area contributed by atoms with Gasteiger partial charge >= 0.3 is 0 Å². The fourth-order valence-electron chi connectivity index (χ4n) is 2.97. The lowest BCUT2D eigenvalue weighted by Crippen LogP contribution is -2.36. The van der Waals surface area contributed by atoms with E-state index in [2.05, 4.69) is 58.7 Å². The highest BCUT2D eigenvalue weighted by Crippen LogP contribution is 2.23. The fourth-order valence-corrected chi connectivity index (χ4v) is 2.97. The molecule has 3 rings (SSSR count). The molecule has 0 amide bonds. The number of rotatable bonds is 6. The molecule has 27 heavy (non-hydrogen) atoms. The summed E-state index contributed by atoms with van der Waals surface area (Å²) in [6.07, 6.45) is 2.88. The van der Waals surface area contributed by atoms with E-state index in [1.807, 2.05) is 12.3 Å². The Balaban J connectivity index is 1.60. The number of guanidine groups is 1. The molecule has 0 aliphatic carbocycles. The standard InChI is InChI=1S/C21H28N4O2/c1-15-6-7-17(20(11-15)27-18-8-10-26-14-18)12-24-21(22-3)25-13-19-16(2)5-4-9-23-19/h4-7,9,11,18H,8,10,12-14H2,1-3H3,(H2,22,24,25). The normalized spacial score (nSPS) is 17.0. The number of nitrogens with zero attached hydrogens (tertiary/aromatic N) is 2. The van der Waals surface area contributed by atoms with Crippen molar-refractivity contribution in [1.29, 1.82) is 0 Å². The number of pyridine rings is 1. The Morgan fingerprint density at radius 3 is 2.85 bits per heavy atom. The quantitative estimate of drug-likeness (QED) is 0.606. The van der Waals surface area contributed by atoms with Crippen LogP contribution in [0.5, 0.6) is 5.75 Å². The molecule has 1 aromatic heterocycles. The van der Waals surface area contributed by atoms with Crippen LogP contribution in [0.15, 0.2) is 41.5 Å². The van der Waals surface area contributed by atoms with Crippen LogP contribution in [-0.2, 0) is 17.8 Å². The minimum atomic E-state index is 0.134. The molecule has 144 valence electrons. The van der Waals surface area contributed by atoms with Gasteiger partial charge in [-0.1, -0.05) is 18.2 Å². The molecule has 2 N–H and O–H groups in total. The summed E-state index contributed by atoms with van der Waals surface area (Å²) in [5, 5.41) is 6.68. The van der Waals surface area contributed by atoms with Gasteiger partial charge in [0.15, 0.2) is 5.96 Å². The second-order valence-electron chi connectivity index (χ2n) is 6.76. The molecule has 1 fully saturated rings. The van der Waals surface area contributed by atoms with Gasteiger partial charge in [-0.3, -0.25) is 9.98 Å². The second kappa shape index (κ2) is 9.37. The summed E-state index contributed by atoms with van der Waals surface area (Å²) in [4.78, 5) is 8.71. The van der Waals surface area contributed by atoms with Crippen molar-refractivity contribution in [2.75, 3.05) is 20.3 Å². The predicted molar refractivity (Wildman–Crippen MR) is 107 cm³/mol. The monoisotopic (exact) mass is 368 g/mol. The molecule has 2 heterocycles. The molecule has 0 spiro atoms. The molecule has 6 nitrogen and oxygen atoms in total. The first-order valence-electron chi connectivity index (χ1n) is 9.34. The van der Waals surface area contributed by atoms with Gasteiger partial charge < -0.3 is 20.1 Å². The Bertz CT molecular complexity index is 786. The molecular weight excluding hydrogens is 340 g/mol. The lowest BCUT2D eigenvalue weighted by atomic mass is 10.1. The number of aryl methyl sites for hydroxylation is 2. The summed E-state index contributed by atoms with van der Waals surface area (Å²) in [5.41, 5.74) is 4.46. The van der Waals surface area contributed by atoms with Crippen molar-refractivity contribution in [2.45, 2.75) is 39.5 Å². The first-order valence-corrected chi connectivity index (χ1v) is 9.34. The van der Waals surface area contributed by atoms with Crippen LogP contribution in [0, 0.1) is 13.8 Å². The van der Waals surface area contributed by atoms with Crippen LogP contribution in [0.4, 0.5) is 0 Å². The Morgan fingerprint density at radius 1 is 1.26 bits per heavy atom. The van der Waals surface area contributed by atoms with Crippen molar-refractivity contribution < 1.29 is 9.47 Å². The summed E-state index contributed by atoms with van der Waals surface area (Å²) in [6.45, 7) is 6.82. The van der Waals surface area contributed by atoms with Crippen molar-refractivity contribution in [2.24, 2.45) is 4.99 Å². The van der Waals surface area contributed by atoms with Crippen molar-refractivity contribution in [3.8, 4) is 5.75 Å². The Kier molecular flexibility index (Phi) is 6.65. The van der Waals surface area contributed by atoms with Crippen molar-refractivity contribution in [1.82, 2.24) is 15.6 Å². The third-order valence-electron chi connectivity index (χ3n) is 4.62. The fraction of sp³-hybridized carbons (Fsp3) is 0.429. The maximum Gasteiger partial charge on any atom is 0.191 e. The van der Waals surface area contributed by atoms with E-state index < -0.39 is 0 Å². The zero-order chi connectivity index (χ0) is 19.1. The van der Waals surface area contributed by atoms with Gasteiger partial charge in [-0.05, 0) is 37.1 Å². The summed E-state index contributed by atoms with van der Waals surface area (Å²) in [6, 6.07) is 10.3. The molecule has 0 bridgehead atoms. The number of nitrogens with one attached hydrogen (secondary N) is 2. The molecule has 1 atom stereocenters. The highest BCUT2D eigenvalue weighted by molar-refractivity contribution is 5.79. The molecule has 6 heteroatoms. The average Bonchev–Trinajstić information content (AvgIpc) is 3.17. The van der Waals surface area contributed by atoms with Gasteiger partial charge in [0.05, 0.1) is 25.5 Å². The lowest BCUT2D eigenvalue weighted by molar-refractivity contribution is 0.140. The van der Waals surface area contributed by atoms with Gasteiger partial charge in [0.1, 0.15) is 11.9 Å². The van der Waals surface area contributed by atoms with Crippen LogP contribution in [0.1, 0.15) is 28.8 Å². The summed E-state index contributed by atoms with van der Waals surface area (Å²) in [5.74, 6) is 1.64. The van der Waals surface area contributed by atoms with E-state index in [4.69, 9.17) is 9.47 Å². The number of hydrogen-bond donors (Lipinski definition) is 2. The Hall–Kier alpha value is -2.60. The van der Waals surface area contributed by atoms with E-state index in [9.17, 15) is 0 Å². The lowest BCUT2D eigenvalue weighted by Gasteiger charge is -2.18. The maximum atomic E-state index is 6.16. The molecule has 1 aliphatic rings. The van der Waals surface area contributed by atoms with Gasteiger partial charge in [0.25, 0.3) is 0 Å². The second-order valence-corrected chi connectivity index (χ2v) is 6.76. The zero-order valence-corrected chi connectivity index (χ0v) is 16.3. The maximum absolute atomic E-state index is 6.16. The van der Waals surface area contributed by atoms with E-state index in [-0.39, 0.29) is 6.10 Å².